The van der Waals surface area contributed by atoms with E-state index in [-0.39, 0.29) is 38.6 Å². The summed E-state index contributed by atoms with van der Waals surface area (Å²) >= 11 is 0. The van der Waals surface area contributed by atoms with Gasteiger partial charge in [-0.3, -0.25) is 9.59 Å². The van der Waals surface area contributed by atoms with Gasteiger partial charge >= 0.3 is 11.9 Å². The average molecular weight is 1270 g/mol. The molecule has 0 aromatic rings. The van der Waals surface area contributed by atoms with Gasteiger partial charge in [0.05, 0.1) is 40.3 Å². The maximum absolute atomic E-state index is 12.9. The van der Waals surface area contributed by atoms with Crippen LogP contribution in [0, 0.1) is 0 Å². The van der Waals surface area contributed by atoms with Crippen LogP contribution in [-0.2, 0) is 33.3 Å². The number of likely N-dealkylation sites (N-methyl/N-ethyl adjacent to an activating group) is 1. The Morgan fingerprint density at radius 3 is 0.967 bits per heavy atom. The molecule has 0 spiro atoms. The lowest BCUT2D eigenvalue weighted by Crippen LogP contribution is -2.44. The number of rotatable bonds is 68. The SMILES string of the molecule is CC/C=C\C/C=C\C/C=C\C/C=C\C/C=C\C/C=C\C/C=C\C/C=C\C/C=C\CCCC(=O)OC(COC(=O)CCCCCCCCCCCCCCCCCCCCCCCCCCC/C=C\C/C=C\CCCCCCC)COC(OCC[N+](C)(C)C)C(=O)[O-]. The van der Waals surface area contributed by atoms with Crippen molar-refractivity contribution in [1.82, 2.24) is 0 Å². The van der Waals surface area contributed by atoms with Crippen molar-refractivity contribution in [2.75, 3.05) is 47.5 Å². The molecule has 0 aromatic carbocycles. The number of carboxylic acids is 1. The van der Waals surface area contributed by atoms with Gasteiger partial charge in [0.25, 0.3) is 0 Å². The smallest absolute Gasteiger partial charge is 0.306 e. The summed E-state index contributed by atoms with van der Waals surface area (Å²) in [4.78, 5) is 37.5. The second-order valence-electron chi connectivity index (χ2n) is 25.9. The second-order valence-corrected chi connectivity index (χ2v) is 25.9. The lowest BCUT2D eigenvalue weighted by atomic mass is 10.0. The van der Waals surface area contributed by atoms with Gasteiger partial charge in [0.15, 0.2) is 12.4 Å². The highest BCUT2D eigenvalue weighted by Gasteiger charge is 2.22. The number of ether oxygens (including phenoxy) is 4. The number of nitrogens with zero attached hydrogens (tertiary/aromatic N) is 1. The van der Waals surface area contributed by atoms with Gasteiger partial charge < -0.3 is 33.3 Å². The van der Waals surface area contributed by atoms with Crippen LogP contribution >= 0.6 is 0 Å². The van der Waals surface area contributed by atoms with Gasteiger partial charge in [-0.05, 0) is 109 Å². The molecule has 0 N–H and O–H groups in total. The quantitative estimate of drug-likeness (QED) is 0.0195. The molecule has 9 heteroatoms. The number of hydrogen-bond acceptors (Lipinski definition) is 8. The van der Waals surface area contributed by atoms with Crippen molar-refractivity contribution in [2.24, 2.45) is 0 Å². The second kappa shape index (κ2) is 71.3. The topological polar surface area (TPSA) is 111 Å². The molecule has 0 aliphatic rings. The van der Waals surface area contributed by atoms with Crippen LogP contribution in [0.25, 0.3) is 0 Å². The number of aliphatic carboxylic acids is 1. The minimum atomic E-state index is -1.65. The number of esters is 2. The number of hydrogen-bond donors (Lipinski definition) is 0. The number of quaternary nitrogens is 1. The van der Waals surface area contributed by atoms with Crippen LogP contribution in [0.2, 0.25) is 0 Å². The molecule has 0 amide bonds. The van der Waals surface area contributed by atoms with E-state index in [1.54, 1.807) is 0 Å². The molecule has 0 heterocycles. The fourth-order valence-corrected chi connectivity index (χ4v) is 10.2. The molecule has 0 aromatic heterocycles. The minimum absolute atomic E-state index is 0.131. The Hall–Kier alpha value is -4.57. The third-order valence-corrected chi connectivity index (χ3v) is 15.9. The van der Waals surface area contributed by atoms with Crippen molar-refractivity contribution >= 4 is 17.9 Å². The molecular formula is C82H139NO8. The van der Waals surface area contributed by atoms with Crippen LogP contribution in [0.4, 0.5) is 0 Å². The fourth-order valence-electron chi connectivity index (χ4n) is 10.2. The Balaban J connectivity index is 4.13. The number of carbonyl (C=O) groups excluding carboxylic acids is 3. The monoisotopic (exact) mass is 1270 g/mol. The summed E-state index contributed by atoms with van der Waals surface area (Å²) < 4.78 is 22.7. The minimum Gasteiger partial charge on any atom is -0.545 e. The Kier molecular flexibility index (Phi) is 67.7. The average Bonchev–Trinajstić information content (AvgIpc) is 3.66. The summed E-state index contributed by atoms with van der Waals surface area (Å²) in [6.45, 7) is 4.57. The van der Waals surface area contributed by atoms with Crippen LogP contribution in [0.5, 0.6) is 0 Å². The maximum Gasteiger partial charge on any atom is 0.306 e. The first-order valence-electron chi connectivity index (χ1n) is 37.3. The zero-order valence-electron chi connectivity index (χ0n) is 59.4. The van der Waals surface area contributed by atoms with Crippen LogP contribution in [0.3, 0.4) is 0 Å². The van der Waals surface area contributed by atoms with Gasteiger partial charge in [-0.15, -0.1) is 0 Å². The van der Waals surface area contributed by atoms with Crippen molar-refractivity contribution in [3.05, 3.63) is 134 Å². The molecule has 0 rings (SSSR count). The van der Waals surface area contributed by atoms with Gasteiger partial charge in [-0.1, -0.05) is 321 Å². The molecule has 520 valence electrons. The first-order chi connectivity index (χ1) is 44.6. The van der Waals surface area contributed by atoms with E-state index in [9.17, 15) is 19.5 Å². The number of unbranched alkanes of at least 4 members (excludes halogenated alkanes) is 31. The zero-order valence-corrected chi connectivity index (χ0v) is 59.4. The Labute approximate surface area is 560 Å². The van der Waals surface area contributed by atoms with E-state index >= 15 is 0 Å². The summed E-state index contributed by atoms with van der Waals surface area (Å²) in [5, 5.41) is 11.8. The van der Waals surface area contributed by atoms with Gasteiger partial charge in [0, 0.05) is 12.8 Å². The molecule has 91 heavy (non-hydrogen) atoms. The molecule has 0 bridgehead atoms. The summed E-state index contributed by atoms with van der Waals surface area (Å²) in [7, 11) is 5.91. The zero-order chi connectivity index (χ0) is 66.1. The standard InChI is InChI=1S/C82H139NO8/c1-6-8-10-12-14-16-18-20-22-24-26-28-30-32-34-36-37-38-39-40-41-42-43-45-46-48-50-52-54-56-58-60-62-64-66-68-70-72-79(84)89-76-78(77-90-82(81(86)87)88-75-74-83(3,4)5)91-80(85)73-71-69-67-65-63-61-59-57-55-53-51-49-47-44-35-33-31-29-27-25-23-21-19-17-15-13-11-9-7-2/h9,11,15,17-18,20-21,23-24,26-27,29,33,35,47,49,53,55,59,61,65,67,78,82H,6-8,10,12-14,16,19,22,25,28,30-32,34,36-46,48,50-52,54,56-58,60,62-64,66,68-77H2,1-5H3/b11-9-,17-15-,20-18-,23-21-,26-24-,29-27-,35-33-,49-47-,55-53-,61-59-,67-65-. The summed E-state index contributed by atoms with van der Waals surface area (Å²) in [6.07, 6.45) is 100.0. The first-order valence-corrected chi connectivity index (χ1v) is 37.3. The molecule has 0 saturated heterocycles. The predicted octanol–water partition coefficient (Wildman–Crippen LogP) is 22.4. The van der Waals surface area contributed by atoms with Crippen molar-refractivity contribution in [1.29, 1.82) is 0 Å². The van der Waals surface area contributed by atoms with E-state index in [1.807, 2.05) is 21.1 Å². The van der Waals surface area contributed by atoms with E-state index in [1.165, 1.54) is 186 Å². The molecule has 2 atom stereocenters. The van der Waals surface area contributed by atoms with Crippen LogP contribution in [0.15, 0.2) is 134 Å². The lowest BCUT2D eigenvalue weighted by Gasteiger charge is -2.26. The van der Waals surface area contributed by atoms with Gasteiger partial charge in [0.2, 0.25) is 0 Å². The Morgan fingerprint density at radius 1 is 0.341 bits per heavy atom. The van der Waals surface area contributed by atoms with E-state index in [2.05, 4.69) is 148 Å². The highest BCUT2D eigenvalue weighted by molar-refractivity contribution is 5.70. The molecule has 0 radical (unpaired) electrons. The van der Waals surface area contributed by atoms with Crippen molar-refractivity contribution in [2.45, 2.75) is 322 Å². The van der Waals surface area contributed by atoms with Crippen molar-refractivity contribution in [3.8, 4) is 0 Å². The number of carbonyl (C=O) groups is 3. The maximum atomic E-state index is 12.9. The summed E-state index contributed by atoms with van der Waals surface area (Å²) in [5.41, 5.74) is 0. The molecule has 0 fully saturated rings. The predicted molar refractivity (Wildman–Crippen MR) is 389 cm³/mol. The molecule has 0 aliphatic carbocycles. The molecule has 0 saturated carbocycles. The third-order valence-electron chi connectivity index (χ3n) is 15.9. The van der Waals surface area contributed by atoms with Crippen LogP contribution in [-0.4, -0.2) is 82.3 Å². The van der Waals surface area contributed by atoms with Crippen LogP contribution in [0.1, 0.15) is 309 Å². The molecule has 2 unspecified atom stereocenters. The highest BCUT2D eigenvalue weighted by Crippen LogP contribution is 2.18. The van der Waals surface area contributed by atoms with Crippen molar-refractivity contribution < 1.29 is 42.9 Å². The summed E-state index contributed by atoms with van der Waals surface area (Å²) in [5.74, 6) is -2.37. The normalized spacial score (nSPS) is 13.5. The highest BCUT2D eigenvalue weighted by atomic mass is 16.7. The number of carboxylic acid groups (broad SMARTS) is 1. The number of allylic oxidation sites excluding steroid dienone is 22. The largest absolute Gasteiger partial charge is 0.545 e. The van der Waals surface area contributed by atoms with E-state index in [4.69, 9.17) is 18.9 Å². The van der Waals surface area contributed by atoms with E-state index in [0.29, 0.717) is 23.9 Å². The molecular weight excluding hydrogens is 1130 g/mol. The third kappa shape index (κ3) is 72.7. The van der Waals surface area contributed by atoms with E-state index < -0.39 is 24.3 Å². The van der Waals surface area contributed by atoms with Crippen molar-refractivity contribution in [3.63, 3.8) is 0 Å². The molecule has 9 nitrogen and oxygen atoms in total. The Bertz CT molecular complexity index is 1960. The van der Waals surface area contributed by atoms with Gasteiger partial charge in [-0.25, -0.2) is 0 Å². The van der Waals surface area contributed by atoms with Crippen LogP contribution < -0.4 is 5.11 Å². The fraction of sp³-hybridized carbons (Fsp3) is 0.695. The first kappa shape index (κ1) is 86.4. The lowest BCUT2D eigenvalue weighted by molar-refractivity contribution is -0.870. The molecule has 0 aliphatic heterocycles. The summed E-state index contributed by atoms with van der Waals surface area (Å²) in [6, 6.07) is 0. The Morgan fingerprint density at radius 2 is 0.637 bits per heavy atom. The van der Waals surface area contributed by atoms with Gasteiger partial charge in [0.1, 0.15) is 13.2 Å². The van der Waals surface area contributed by atoms with E-state index in [0.717, 1.165) is 83.5 Å². The van der Waals surface area contributed by atoms with Gasteiger partial charge in [-0.2, -0.15) is 0 Å².